The van der Waals surface area contributed by atoms with Gasteiger partial charge in [-0.2, -0.15) is 4.31 Å². The predicted molar refractivity (Wildman–Crippen MR) is 154 cm³/mol. The summed E-state index contributed by atoms with van der Waals surface area (Å²) in [4.78, 5) is 43.3. The minimum absolute atomic E-state index is 0.130. The standard InChI is InChI=1S/C27H39N5O5S2/c1-6-14-31-17-13-21-22(18-31)38-26(23(21)25(34)29-27(35)30(4)5)28-24(33)19-9-11-20(12-10-19)39(36,37)32(15-7-2)16-8-3/h9-12H,6-8,13-18H2,1-5H3,(H,28,33)(H,29,34,35). The quantitative estimate of drug-likeness (QED) is 0.417. The molecule has 0 aliphatic carbocycles. The number of carbonyl (C=O) groups excluding carboxylic acids is 3. The van der Waals surface area contributed by atoms with Crippen LogP contribution < -0.4 is 10.6 Å². The van der Waals surface area contributed by atoms with Crippen LogP contribution in [-0.2, 0) is 23.0 Å². The fourth-order valence-electron chi connectivity index (χ4n) is 4.52. The Hall–Kier alpha value is -2.80. The lowest BCUT2D eigenvalue weighted by Crippen LogP contribution is -2.39. The van der Waals surface area contributed by atoms with Crippen molar-refractivity contribution in [1.82, 2.24) is 19.4 Å². The molecule has 2 N–H and O–H groups in total. The third-order valence-corrected chi connectivity index (χ3v) is 9.50. The normalized spacial score (nSPS) is 13.7. The zero-order valence-corrected chi connectivity index (χ0v) is 25.0. The third kappa shape index (κ3) is 7.24. The van der Waals surface area contributed by atoms with Gasteiger partial charge >= 0.3 is 6.03 Å². The Morgan fingerprint density at radius 2 is 1.62 bits per heavy atom. The van der Waals surface area contributed by atoms with Gasteiger partial charge in [0.05, 0.1) is 10.5 Å². The van der Waals surface area contributed by atoms with Crippen molar-refractivity contribution < 1.29 is 22.8 Å². The molecule has 2 aromatic rings. The summed E-state index contributed by atoms with van der Waals surface area (Å²) in [5.74, 6) is -1.02. The number of urea groups is 1. The Labute approximate surface area is 235 Å². The molecule has 10 nitrogen and oxygen atoms in total. The molecule has 12 heteroatoms. The lowest BCUT2D eigenvalue weighted by molar-refractivity contribution is 0.0956. The number of rotatable bonds is 11. The van der Waals surface area contributed by atoms with Crippen LogP contribution in [0.1, 0.15) is 71.2 Å². The molecule has 2 heterocycles. The summed E-state index contributed by atoms with van der Waals surface area (Å²) in [5, 5.41) is 5.62. The maximum atomic E-state index is 13.2. The Balaban J connectivity index is 1.88. The first-order chi connectivity index (χ1) is 18.5. The molecule has 1 aromatic carbocycles. The van der Waals surface area contributed by atoms with Gasteiger partial charge < -0.3 is 10.2 Å². The van der Waals surface area contributed by atoms with E-state index in [1.165, 1.54) is 44.8 Å². The minimum Gasteiger partial charge on any atom is -0.331 e. The van der Waals surface area contributed by atoms with Gasteiger partial charge in [-0.05, 0) is 62.1 Å². The topological polar surface area (TPSA) is 119 Å². The molecule has 0 fully saturated rings. The van der Waals surface area contributed by atoms with E-state index in [0.29, 0.717) is 49.5 Å². The first-order valence-corrected chi connectivity index (χ1v) is 15.6. The molecule has 0 saturated carbocycles. The first-order valence-electron chi connectivity index (χ1n) is 13.3. The highest BCUT2D eigenvalue weighted by molar-refractivity contribution is 7.89. The SMILES string of the molecule is CCCN1CCc2c(sc(NC(=O)c3ccc(S(=O)(=O)N(CCC)CCC)cc3)c2C(=O)NC(=O)N(C)C)C1. The fraction of sp³-hybridized carbons (Fsp3) is 0.519. The molecule has 0 atom stereocenters. The van der Waals surface area contributed by atoms with Gasteiger partial charge in [0.15, 0.2) is 0 Å². The van der Waals surface area contributed by atoms with E-state index in [1.807, 2.05) is 13.8 Å². The Bertz CT molecular complexity index is 1280. The molecule has 3 rings (SSSR count). The van der Waals surface area contributed by atoms with Crippen molar-refractivity contribution in [2.24, 2.45) is 0 Å². The summed E-state index contributed by atoms with van der Waals surface area (Å²) in [5.41, 5.74) is 1.42. The number of carbonyl (C=O) groups is 3. The summed E-state index contributed by atoms with van der Waals surface area (Å²) >= 11 is 1.34. The van der Waals surface area contributed by atoms with Crippen molar-refractivity contribution in [3.63, 3.8) is 0 Å². The van der Waals surface area contributed by atoms with Crippen LogP contribution in [0.25, 0.3) is 0 Å². The number of imide groups is 1. The van der Waals surface area contributed by atoms with Crippen LogP contribution in [-0.4, -0.2) is 80.6 Å². The maximum absolute atomic E-state index is 13.2. The molecule has 0 radical (unpaired) electrons. The molecular formula is C27H39N5O5S2. The number of thiophene rings is 1. The van der Waals surface area contributed by atoms with Gasteiger partial charge in [-0.3, -0.25) is 19.8 Å². The number of hydrogen-bond acceptors (Lipinski definition) is 7. The number of sulfonamides is 1. The summed E-state index contributed by atoms with van der Waals surface area (Å²) in [6.45, 7) is 9.23. The van der Waals surface area contributed by atoms with Crippen LogP contribution in [0.4, 0.5) is 9.80 Å². The third-order valence-electron chi connectivity index (χ3n) is 6.46. The Kier molecular flexibility index (Phi) is 10.6. The number of nitrogens with zero attached hydrogens (tertiary/aromatic N) is 3. The minimum atomic E-state index is -3.67. The largest absolute Gasteiger partial charge is 0.331 e. The molecule has 4 amide bonds. The van der Waals surface area contributed by atoms with E-state index in [0.717, 1.165) is 30.0 Å². The van der Waals surface area contributed by atoms with Crippen molar-refractivity contribution in [1.29, 1.82) is 0 Å². The number of hydrogen-bond donors (Lipinski definition) is 2. The summed E-state index contributed by atoms with van der Waals surface area (Å²) in [6, 6.07) is 5.29. The van der Waals surface area contributed by atoms with E-state index in [1.54, 1.807) is 14.1 Å². The number of nitrogens with one attached hydrogen (secondary N) is 2. The maximum Gasteiger partial charge on any atom is 0.323 e. The van der Waals surface area contributed by atoms with Crippen LogP contribution in [0.2, 0.25) is 0 Å². The molecule has 1 aliphatic heterocycles. The van der Waals surface area contributed by atoms with Crippen LogP contribution >= 0.6 is 11.3 Å². The zero-order valence-electron chi connectivity index (χ0n) is 23.4. The lowest BCUT2D eigenvalue weighted by atomic mass is 10.0. The molecular weight excluding hydrogens is 538 g/mol. The van der Waals surface area contributed by atoms with Crippen molar-refractivity contribution in [2.75, 3.05) is 45.6 Å². The van der Waals surface area contributed by atoms with E-state index in [9.17, 15) is 22.8 Å². The summed E-state index contributed by atoms with van der Waals surface area (Å²) in [7, 11) is -0.573. The molecule has 0 saturated heterocycles. The average molecular weight is 578 g/mol. The molecule has 1 aromatic heterocycles. The van der Waals surface area contributed by atoms with Gasteiger partial charge in [-0.25, -0.2) is 13.2 Å². The summed E-state index contributed by atoms with van der Waals surface area (Å²) < 4.78 is 27.6. The predicted octanol–water partition coefficient (Wildman–Crippen LogP) is 3.99. The molecule has 0 spiro atoms. The van der Waals surface area contributed by atoms with Crippen LogP contribution in [0.15, 0.2) is 29.2 Å². The van der Waals surface area contributed by atoms with Gasteiger partial charge in [0.2, 0.25) is 10.0 Å². The van der Waals surface area contributed by atoms with E-state index >= 15 is 0 Å². The van der Waals surface area contributed by atoms with Crippen molar-refractivity contribution >= 4 is 44.2 Å². The van der Waals surface area contributed by atoms with Crippen molar-refractivity contribution in [3.05, 3.63) is 45.8 Å². The average Bonchev–Trinajstić information content (AvgIpc) is 3.25. The van der Waals surface area contributed by atoms with Gasteiger partial charge in [-0.15, -0.1) is 11.3 Å². The Morgan fingerprint density at radius 3 is 2.18 bits per heavy atom. The van der Waals surface area contributed by atoms with Gasteiger partial charge in [0, 0.05) is 50.7 Å². The second-order valence-corrected chi connectivity index (χ2v) is 12.8. The Morgan fingerprint density at radius 1 is 0.974 bits per heavy atom. The molecule has 0 bridgehead atoms. The monoisotopic (exact) mass is 577 g/mol. The molecule has 39 heavy (non-hydrogen) atoms. The first kappa shape index (κ1) is 30.7. The lowest BCUT2D eigenvalue weighted by Gasteiger charge is -2.26. The van der Waals surface area contributed by atoms with Gasteiger partial charge in [-0.1, -0.05) is 20.8 Å². The van der Waals surface area contributed by atoms with Gasteiger partial charge in [0.25, 0.3) is 11.8 Å². The van der Waals surface area contributed by atoms with Gasteiger partial charge in [0.1, 0.15) is 5.00 Å². The van der Waals surface area contributed by atoms with Crippen LogP contribution in [0.3, 0.4) is 0 Å². The highest BCUT2D eigenvalue weighted by Crippen LogP contribution is 2.37. The van der Waals surface area contributed by atoms with E-state index in [2.05, 4.69) is 22.5 Å². The van der Waals surface area contributed by atoms with Crippen LogP contribution in [0.5, 0.6) is 0 Å². The van der Waals surface area contributed by atoms with E-state index < -0.39 is 27.9 Å². The smallest absolute Gasteiger partial charge is 0.323 e. The number of fused-ring (bicyclic) bond motifs is 1. The summed E-state index contributed by atoms with van der Waals surface area (Å²) in [6.07, 6.45) is 3.06. The molecule has 0 unspecified atom stereocenters. The highest BCUT2D eigenvalue weighted by atomic mass is 32.2. The molecule has 1 aliphatic rings. The van der Waals surface area contributed by atoms with Crippen molar-refractivity contribution in [3.8, 4) is 0 Å². The van der Waals surface area contributed by atoms with E-state index in [4.69, 9.17) is 0 Å². The van der Waals surface area contributed by atoms with Crippen molar-refractivity contribution in [2.45, 2.75) is 57.9 Å². The zero-order chi connectivity index (χ0) is 28.7. The number of amides is 4. The van der Waals surface area contributed by atoms with Crippen LogP contribution in [0, 0.1) is 0 Å². The van der Waals surface area contributed by atoms with E-state index in [-0.39, 0.29) is 10.5 Å². The number of anilines is 1. The highest BCUT2D eigenvalue weighted by Gasteiger charge is 2.30. The number of benzene rings is 1. The second-order valence-electron chi connectivity index (χ2n) is 9.77. The fourth-order valence-corrected chi connectivity index (χ4v) is 7.42. The second kappa shape index (κ2) is 13.5. The molecule has 214 valence electrons.